The van der Waals surface area contributed by atoms with Crippen molar-refractivity contribution >= 4 is 32.7 Å². The van der Waals surface area contributed by atoms with Gasteiger partial charge in [-0.1, -0.05) is 11.2 Å². The Bertz CT molecular complexity index is 992. The molecule has 0 aromatic carbocycles. The molecule has 4 rings (SSSR count). The van der Waals surface area contributed by atoms with Crippen LogP contribution in [-0.2, 0) is 16.6 Å². The Morgan fingerprint density at radius 3 is 2.81 bits per heavy atom. The third-order valence-corrected chi connectivity index (χ3v) is 8.88. The van der Waals surface area contributed by atoms with Gasteiger partial charge in [0.05, 0.1) is 10.6 Å². The van der Waals surface area contributed by atoms with E-state index in [0.29, 0.717) is 23.1 Å². The maximum Gasteiger partial charge on any atom is 0.252 e. The standard InChI is InChI=1S/C18H21N3O3S3/c1-14-12-16(24-19-14)17-5-6-18(26-17)27(22,23)21-8-3-7-20(9-10-21)13-15-4-2-11-25-15/h2,4-6,11-12H,3,7-10,13H2,1H3. The molecular formula is C18H21N3O3S3. The zero-order valence-electron chi connectivity index (χ0n) is 15.0. The second kappa shape index (κ2) is 7.84. The van der Waals surface area contributed by atoms with Crippen LogP contribution in [0.5, 0.6) is 0 Å². The van der Waals surface area contributed by atoms with Crippen molar-refractivity contribution in [2.24, 2.45) is 0 Å². The molecule has 0 amide bonds. The van der Waals surface area contributed by atoms with Crippen molar-refractivity contribution in [2.75, 3.05) is 26.2 Å². The fourth-order valence-corrected chi connectivity index (χ4v) is 6.79. The van der Waals surface area contributed by atoms with Gasteiger partial charge in [0.25, 0.3) is 10.0 Å². The van der Waals surface area contributed by atoms with Crippen LogP contribution in [0.1, 0.15) is 17.0 Å². The number of thiophene rings is 2. The number of hydrogen-bond acceptors (Lipinski definition) is 7. The summed E-state index contributed by atoms with van der Waals surface area (Å²) in [6.45, 7) is 5.46. The Kier molecular flexibility index (Phi) is 5.47. The third kappa shape index (κ3) is 4.17. The number of aromatic nitrogens is 1. The average Bonchev–Trinajstić information content (AvgIpc) is 3.36. The van der Waals surface area contributed by atoms with Crippen LogP contribution in [0.4, 0.5) is 0 Å². The highest BCUT2D eigenvalue weighted by Gasteiger charge is 2.28. The molecule has 1 fully saturated rings. The van der Waals surface area contributed by atoms with E-state index in [-0.39, 0.29) is 0 Å². The van der Waals surface area contributed by atoms with Crippen molar-refractivity contribution in [2.45, 2.75) is 24.1 Å². The van der Waals surface area contributed by atoms with Crippen molar-refractivity contribution in [3.63, 3.8) is 0 Å². The van der Waals surface area contributed by atoms with Crippen molar-refractivity contribution < 1.29 is 12.9 Å². The normalized spacial score (nSPS) is 17.2. The summed E-state index contributed by atoms with van der Waals surface area (Å²) in [6, 6.07) is 9.46. The Balaban J connectivity index is 1.46. The molecule has 0 saturated carbocycles. The van der Waals surface area contributed by atoms with Gasteiger partial charge >= 0.3 is 0 Å². The molecule has 27 heavy (non-hydrogen) atoms. The Hall–Kier alpha value is -1.52. The van der Waals surface area contributed by atoms with E-state index in [1.54, 1.807) is 27.8 Å². The maximum absolute atomic E-state index is 13.1. The topological polar surface area (TPSA) is 66.7 Å². The zero-order valence-corrected chi connectivity index (χ0v) is 17.4. The SMILES string of the molecule is Cc1cc(-c2ccc(S(=O)(=O)N3CCCN(Cc4cccs4)CC3)s2)on1. The Morgan fingerprint density at radius 1 is 1.19 bits per heavy atom. The van der Waals surface area contributed by atoms with Gasteiger partial charge in [-0.3, -0.25) is 4.90 Å². The van der Waals surface area contributed by atoms with E-state index in [1.807, 2.05) is 13.0 Å². The molecule has 1 aliphatic rings. The summed E-state index contributed by atoms with van der Waals surface area (Å²) >= 11 is 2.98. The molecule has 1 aliphatic heterocycles. The summed E-state index contributed by atoms with van der Waals surface area (Å²) in [6.07, 6.45) is 0.837. The van der Waals surface area contributed by atoms with Crippen LogP contribution in [-0.4, -0.2) is 49.0 Å². The van der Waals surface area contributed by atoms with Gasteiger partial charge in [0.15, 0.2) is 5.76 Å². The van der Waals surface area contributed by atoms with Crippen LogP contribution in [0.25, 0.3) is 10.6 Å². The first-order valence-electron chi connectivity index (χ1n) is 8.81. The molecule has 0 aliphatic carbocycles. The quantitative estimate of drug-likeness (QED) is 0.626. The van der Waals surface area contributed by atoms with Crippen molar-refractivity contribution in [3.05, 3.63) is 46.3 Å². The van der Waals surface area contributed by atoms with Gasteiger partial charge in [0.2, 0.25) is 0 Å². The number of nitrogens with zero attached hydrogens (tertiary/aromatic N) is 3. The molecule has 3 aromatic rings. The van der Waals surface area contributed by atoms with E-state index in [2.05, 4.69) is 27.6 Å². The Morgan fingerprint density at radius 2 is 2.07 bits per heavy atom. The fourth-order valence-electron chi connectivity index (χ4n) is 3.17. The van der Waals surface area contributed by atoms with Crippen LogP contribution in [0, 0.1) is 6.92 Å². The molecular weight excluding hydrogens is 402 g/mol. The third-order valence-electron chi connectivity index (χ3n) is 4.55. The molecule has 3 aromatic heterocycles. The molecule has 0 bridgehead atoms. The minimum Gasteiger partial charge on any atom is -0.355 e. The van der Waals surface area contributed by atoms with Crippen LogP contribution in [0.3, 0.4) is 0 Å². The van der Waals surface area contributed by atoms with Gasteiger partial charge < -0.3 is 4.52 Å². The molecule has 9 heteroatoms. The molecule has 0 spiro atoms. The van der Waals surface area contributed by atoms with E-state index in [0.717, 1.165) is 36.6 Å². The van der Waals surface area contributed by atoms with Crippen LogP contribution in [0.2, 0.25) is 0 Å². The summed E-state index contributed by atoms with van der Waals surface area (Å²) in [5.74, 6) is 0.608. The monoisotopic (exact) mass is 423 g/mol. The molecule has 6 nitrogen and oxygen atoms in total. The van der Waals surface area contributed by atoms with Crippen molar-refractivity contribution in [1.82, 2.24) is 14.4 Å². The lowest BCUT2D eigenvalue weighted by molar-refractivity contribution is 0.281. The van der Waals surface area contributed by atoms with Gasteiger partial charge in [-0.05, 0) is 43.5 Å². The van der Waals surface area contributed by atoms with E-state index in [4.69, 9.17) is 4.52 Å². The number of rotatable bonds is 5. The molecule has 144 valence electrons. The van der Waals surface area contributed by atoms with E-state index >= 15 is 0 Å². The first-order chi connectivity index (χ1) is 13.0. The summed E-state index contributed by atoms with van der Waals surface area (Å²) in [7, 11) is -3.49. The minimum atomic E-state index is -3.49. The predicted octanol–water partition coefficient (Wildman–Crippen LogP) is 3.67. The summed E-state index contributed by atoms with van der Waals surface area (Å²) in [5, 5.41) is 5.95. The molecule has 0 N–H and O–H groups in total. The molecule has 4 heterocycles. The maximum atomic E-state index is 13.1. The van der Waals surface area contributed by atoms with Gasteiger partial charge in [0.1, 0.15) is 4.21 Å². The Labute approximate surface area is 167 Å². The molecule has 0 unspecified atom stereocenters. The van der Waals surface area contributed by atoms with Gasteiger partial charge in [0, 0.05) is 37.1 Å². The van der Waals surface area contributed by atoms with Gasteiger partial charge in [-0.25, -0.2) is 8.42 Å². The highest BCUT2D eigenvalue weighted by atomic mass is 32.2. The van der Waals surface area contributed by atoms with Crippen LogP contribution in [0.15, 0.2) is 44.4 Å². The van der Waals surface area contributed by atoms with Crippen molar-refractivity contribution in [3.8, 4) is 10.6 Å². The summed E-state index contributed by atoms with van der Waals surface area (Å²) in [4.78, 5) is 4.43. The van der Waals surface area contributed by atoms with Crippen LogP contribution >= 0.6 is 22.7 Å². The summed E-state index contributed by atoms with van der Waals surface area (Å²) in [5.41, 5.74) is 0.779. The lowest BCUT2D eigenvalue weighted by Crippen LogP contribution is -2.34. The van der Waals surface area contributed by atoms with E-state index in [1.165, 1.54) is 16.2 Å². The van der Waals surface area contributed by atoms with Crippen LogP contribution < -0.4 is 0 Å². The molecule has 0 radical (unpaired) electrons. The highest BCUT2D eigenvalue weighted by molar-refractivity contribution is 7.91. The van der Waals surface area contributed by atoms with Crippen molar-refractivity contribution in [1.29, 1.82) is 0 Å². The second-order valence-corrected chi connectivity index (χ2v) is 10.8. The zero-order chi connectivity index (χ0) is 18.9. The first-order valence-corrected chi connectivity index (χ1v) is 11.9. The fraction of sp³-hybridized carbons (Fsp3) is 0.389. The summed E-state index contributed by atoms with van der Waals surface area (Å²) < 4.78 is 33.4. The molecule has 0 atom stereocenters. The number of sulfonamides is 1. The number of hydrogen-bond donors (Lipinski definition) is 0. The second-order valence-electron chi connectivity index (χ2n) is 6.56. The highest BCUT2D eigenvalue weighted by Crippen LogP contribution is 2.33. The van der Waals surface area contributed by atoms with E-state index in [9.17, 15) is 8.42 Å². The smallest absolute Gasteiger partial charge is 0.252 e. The lowest BCUT2D eigenvalue weighted by atomic mass is 10.3. The molecule has 1 saturated heterocycles. The minimum absolute atomic E-state index is 0.359. The largest absolute Gasteiger partial charge is 0.355 e. The lowest BCUT2D eigenvalue weighted by Gasteiger charge is -2.20. The van der Waals surface area contributed by atoms with E-state index < -0.39 is 10.0 Å². The van der Waals surface area contributed by atoms with Gasteiger partial charge in [-0.2, -0.15) is 4.31 Å². The first kappa shape index (κ1) is 18.8. The number of aryl methyl sites for hydroxylation is 1. The van der Waals surface area contributed by atoms with Gasteiger partial charge in [-0.15, -0.1) is 22.7 Å². The average molecular weight is 424 g/mol. The predicted molar refractivity (Wildman–Crippen MR) is 108 cm³/mol.